The molecule has 0 aliphatic heterocycles. The Bertz CT molecular complexity index is 628. The molecule has 0 aliphatic rings. The fourth-order valence-corrected chi connectivity index (χ4v) is 2.75. The Labute approximate surface area is 131 Å². The van der Waals surface area contributed by atoms with E-state index in [9.17, 15) is 0 Å². The van der Waals surface area contributed by atoms with Gasteiger partial charge in [0.1, 0.15) is 5.75 Å². The van der Waals surface area contributed by atoms with Gasteiger partial charge < -0.3 is 10.1 Å². The van der Waals surface area contributed by atoms with Crippen LogP contribution in [0.3, 0.4) is 0 Å². The molecule has 0 saturated carbocycles. The van der Waals surface area contributed by atoms with Crippen LogP contribution in [0, 0.1) is 13.8 Å². The molecular weight excluding hydrogens is 284 g/mol. The third kappa shape index (κ3) is 3.20. The summed E-state index contributed by atoms with van der Waals surface area (Å²) in [5.41, 5.74) is 4.47. The van der Waals surface area contributed by atoms with Gasteiger partial charge in [0.15, 0.2) is 0 Å². The molecule has 0 fully saturated rings. The van der Waals surface area contributed by atoms with E-state index in [2.05, 4.69) is 43.2 Å². The van der Waals surface area contributed by atoms with E-state index in [1.165, 1.54) is 5.56 Å². The number of halogens is 1. The topological polar surface area (TPSA) is 34.2 Å². The number of pyridine rings is 1. The molecule has 2 aromatic rings. The minimum absolute atomic E-state index is 0.0141. The Morgan fingerprint density at radius 1 is 1.24 bits per heavy atom. The van der Waals surface area contributed by atoms with Crippen LogP contribution in [-0.4, -0.2) is 18.6 Å². The first kappa shape index (κ1) is 15.8. The van der Waals surface area contributed by atoms with E-state index >= 15 is 0 Å². The highest BCUT2D eigenvalue weighted by molar-refractivity contribution is 6.31. The zero-order chi connectivity index (χ0) is 15.4. The van der Waals surface area contributed by atoms with Crippen LogP contribution in [0.1, 0.15) is 35.2 Å². The van der Waals surface area contributed by atoms with Crippen molar-refractivity contribution in [1.29, 1.82) is 0 Å². The SMILES string of the molecule is CCNC(c1ccncc1Cl)c1ccc(C)c(C)c1OC. The van der Waals surface area contributed by atoms with Crippen molar-refractivity contribution in [3.63, 3.8) is 0 Å². The van der Waals surface area contributed by atoms with Gasteiger partial charge in [-0.1, -0.05) is 30.7 Å². The molecule has 21 heavy (non-hydrogen) atoms. The second-order valence-electron chi connectivity index (χ2n) is 5.02. The Morgan fingerprint density at radius 3 is 2.62 bits per heavy atom. The molecule has 0 bridgehead atoms. The van der Waals surface area contributed by atoms with Crippen molar-refractivity contribution in [2.75, 3.05) is 13.7 Å². The maximum Gasteiger partial charge on any atom is 0.127 e. The smallest absolute Gasteiger partial charge is 0.127 e. The lowest BCUT2D eigenvalue weighted by atomic mass is 9.94. The number of methoxy groups -OCH3 is 1. The maximum absolute atomic E-state index is 6.33. The predicted octanol–water partition coefficient (Wildman–Crippen LogP) is 4.06. The van der Waals surface area contributed by atoms with Gasteiger partial charge in [0.25, 0.3) is 0 Å². The summed E-state index contributed by atoms with van der Waals surface area (Å²) in [5, 5.41) is 4.14. The number of benzene rings is 1. The first-order valence-corrected chi connectivity index (χ1v) is 7.44. The molecule has 0 spiro atoms. The predicted molar refractivity (Wildman–Crippen MR) is 87.2 cm³/mol. The van der Waals surface area contributed by atoms with Gasteiger partial charge >= 0.3 is 0 Å². The van der Waals surface area contributed by atoms with Gasteiger partial charge in [-0.25, -0.2) is 0 Å². The molecule has 1 aromatic carbocycles. The fourth-order valence-electron chi connectivity index (χ4n) is 2.52. The van der Waals surface area contributed by atoms with Crippen LogP contribution in [0.15, 0.2) is 30.6 Å². The Morgan fingerprint density at radius 2 is 2.00 bits per heavy atom. The summed E-state index contributed by atoms with van der Waals surface area (Å²) in [7, 11) is 1.71. The highest BCUT2D eigenvalue weighted by Crippen LogP contribution is 2.36. The number of rotatable bonds is 5. The first-order chi connectivity index (χ1) is 10.1. The molecule has 0 saturated heterocycles. The summed E-state index contributed by atoms with van der Waals surface area (Å²) in [5.74, 6) is 0.911. The van der Waals surface area contributed by atoms with E-state index < -0.39 is 0 Å². The van der Waals surface area contributed by atoms with Crippen molar-refractivity contribution >= 4 is 11.6 Å². The van der Waals surface area contributed by atoms with E-state index in [1.54, 1.807) is 19.5 Å². The molecule has 1 unspecified atom stereocenters. The van der Waals surface area contributed by atoms with Crippen LogP contribution in [0.4, 0.5) is 0 Å². The van der Waals surface area contributed by atoms with Gasteiger partial charge in [0, 0.05) is 18.0 Å². The molecule has 1 N–H and O–H groups in total. The molecule has 1 atom stereocenters. The number of ether oxygens (including phenoxy) is 1. The normalized spacial score (nSPS) is 12.2. The summed E-state index contributed by atoms with van der Waals surface area (Å²) >= 11 is 6.33. The molecule has 2 rings (SSSR count). The van der Waals surface area contributed by atoms with Crippen LogP contribution < -0.4 is 10.1 Å². The minimum Gasteiger partial charge on any atom is -0.496 e. The molecule has 0 amide bonds. The zero-order valence-corrected chi connectivity index (χ0v) is 13.7. The van der Waals surface area contributed by atoms with Gasteiger partial charge in [-0.15, -0.1) is 0 Å². The second kappa shape index (κ2) is 6.92. The van der Waals surface area contributed by atoms with Gasteiger partial charge in [-0.05, 0) is 43.1 Å². The van der Waals surface area contributed by atoms with E-state index in [0.717, 1.165) is 29.0 Å². The van der Waals surface area contributed by atoms with Crippen LogP contribution >= 0.6 is 11.6 Å². The number of nitrogens with one attached hydrogen (secondary N) is 1. The van der Waals surface area contributed by atoms with Gasteiger partial charge in [-0.2, -0.15) is 0 Å². The summed E-state index contributed by atoms with van der Waals surface area (Å²) in [6, 6.07) is 6.15. The molecule has 3 nitrogen and oxygen atoms in total. The lowest BCUT2D eigenvalue weighted by Gasteiger charge is -2.23. The van der Waals surface area contributed by atoms with Gasteiger partial charge in [0.05, 0.1) is 18.2 Å². The number of hydrogen-bond donors (Lipinski definition) is 1. The summed E-state index contributed by atoms with van der Waals surface area (Å²) in [6.07, 6.45) is 3.44. The van der Waals surface area contributed by atoms with Crippen molar-refractivity contribution < 1.29 is 4.74 Å². The van der Waals surface area contributed by atoms with Crippen molar-refractivity contribution in [2.24, 2.45) is 0 Å². The Kier molecular flexibility index (Phi) is 5.21. The maximum atomic E-state index is 6.33. The Balaban J connectivity index is 2.59. The average molecular weight is 305 g/mol. The largest absolute Gasteiger partial charge is 0.496 e. The molecule has 1 heterocycles. The monoisotopic (exact) mass is 304 g/mol. The standard InChI is InChI=1S/C17H21ClN2O/c1-5-20-16(13-8-9-19-10-15(13)18)14-7-6-11(2)12(3)17(14)21-4/h6-10,16,20H,5H2,1-4H3. The lowest BCUT2D eigenvalue weighted by molar-refractivity contribution is 0.401. The number of hydrogen-bond acceptors (Lipinski definition) is 3. The second-order valence-corrected chi connectivity index (χ2v) is 5.43. The highest BCUT2D eigenvalue weighted by Gasteiger charge is 2.21. The van der Waals surface area contributed by atoms with E-state index in [-0.39, 0.29) is 6.04 Å². The third-order valence-electron chi connectivity index (χ3n) is 3.75. The molecule has 112 valence electrons. The number of aryl methyl sites for hydroxylation is 1. The lowest BCUT2D eigenvalue weighted by Crippen LogP contribution is -2.23. The quantitative estimate of drug-likeness (QED) is 0.904. The van der Waals surface area contributed by atoms with Crippen LogP contribution in [0.5, 0.6) is 5.75 Å². The fraction of sp³-hybridized carbons (Fsp3) is 0.353. The average Bonchev–Trinajstić information content (AvgIpc) is 2.48. The number of nitrogens with zero attached hydrogens (tertiary/aromatic N) is 1. The summed E-state index contributed by atoms with van der Waals surface area (Å²) < 4.78 is 5.65. The van der Waals surface area contributed by atoms with Gasteiger partial charge in [0.2, 0.25) is 0 Å². The van der Waals surface area contributed by atoms with Crippen molar-refractivity contribution in [1.82, 2.24) is 10.3 Å². The number of aromatic nitrogens is 1. The molecule has 4 heteroatoms. The van der Waals surface area contributed by atoms with E-state index in [0.29, 0.717) is 5.02 Å². The molecule has 1 aromatic heterocycles. The third-order valence-corrected chi connectivity index (χ3v) is 4.06. The Hall–Kier alpha value is -1.58. The first-order valence-electron chi connectivity index (χ1n) is 7.07. The van der Waals surface area contributed by atoms with Crippen LogP contribution in [0.25, 0.3) is 0 Å². The van der Waals surface area contributed by atoms with Crippen LogP contribution in [0.2, 0.25) is 5.02 Å². The van der Waals surface area contributed by atoms with E-state index in [4.69, 9.17) is 16.3 Å². The van der Waals surface area contributed by atoms with Crippen LogP contribution in [-0.2, 0) is 0 Å². The van der Waals surface area contributed by atoms with E-state index in [1.807, 2.05) is 6.07 Å². The van der Waals surface area contributed by atoms with Crippen molar-refractivity contribution in [2.45, 2.75) is 26.8 Å². The summed E-state index contributed by atoms with van der Waals surface area (Å²) in [6.45, 7) is 7.08. The molecule has 0 aliphatic carbocycles. The zero-order valence-electron chi connectivity index (χ0n) is 12.9. The van der Waals surface area contributed by atoms with Crippen molar-refractivity contribution in [3.05, 3.63) is 57.9 Å². The molecule has 0 radical (unpaired) electrons. The van der Waals surface area contributed by atoms with Gasteiger partial charge in [-0.3, -0.25) is 4.98 Å². The highest BCUT2D eigenvalue weighted by atomic mass is 35.5. The molecular formula is C17H21ClN2O. The summed E-state index contributed by atoms with van der Waals surface area (Å²) in [4.78, 5) is 4.06. The minimum atomic E-state index is -0.0141. The van der Waals surface area contributed by atoms with Crippen molar-refractivity contribution in [3.8, 4) is 5.75 Å².